The molecule has 2 aliphatic carbocycles. The minimum Gasteiger partial charge on any atom is -0.0804 e. The van der Waals surface area contributed by atoms with Crippen molar-refractivity contribution in [2.24, 2.45) is 11.8 Å². The summed E-state index contributed by atoms with van der Waals surface area (Å²) in [6.07, 6.45) is 22.2. The molecule has 0 nitrogen and oxygen atoms in total. The van der Waals surface area contributed by atoms with Gasteiger partial charge in [-0.05, 0) is 79.4 Å². The average Bonchev–Trinajstić information content (AvgIpc) is 2.73. The van der Waals surface area contributed by atoms with Gasteiger partial charge in [-0.15, -0.1) is 0 Å². The van der Waals surface area contributed by atoms with E-state index < -0.39 is 0 Å². The molecule has 0 bridgehead atoms. The molecule has 1 aromatic rings. The monoisotopic (exact) mass is 366 g/mol. The van der Waals surface area contributed by atoms with Gasteiger partial charge in [-0.3, -0.25) is 0 Å². The summed E-state index contributed by atoms with van der Waals surface area (Å²) in [5.74, 6) is 2.78. The second-order valence-electron chi connectivity index (χ2n) is 9.35. The van der Waals surface area contributed by atoms with Crippen LogP contribution >= 0.6 is 0 Å². The molecule has 0 saturated heterocycles. The van der Waals surface area contributed by atoms with Crippen molar-refractivity contribution in [1.29, 1.82) is 0 Å². The molecule has 0 N–H and O–H groups in total. The molecule has 0 aliphatic heterocycles. The SMILES string of the molecule is CCCCCC1CCC(c2ccc(C3=CCC(CCCC)CC3)cc2)CC1. The van der Waals surface area contributed by atoms with E-state index in [1.807, 2.05) is 0 Å². The van der Waals surface area contributed by atoms with E-state index in [9.17, 15) is 0 Å². The van der Waals surface area contributed by atoms with Gasteiger partial charge in [0.15, 0.2) is 0 Å². The normalized spacial score (nSPS) is 26.0. The van der Waals surface area contributed by atoms with Gasteiger partial charge in [0.2, 0.25) is 0 Å². The second kappa shape index (κ2) is 11.1. The highest BCUT2D eigenvalue weighted by Gasteiger charge is 2.22. The van der Waals surface area contributed by atoms with Crippen LogP contribution in [0.2, 0.25) is 0 Å². The molecule has 150 valence electrons. The Balaban J connectivity index is 1.48. The fourth-order valence-electron chi connectivity index (χ4n) is 5.34. The molecule has 0 radical (unpaired) electrons. The second-order valence-corrected chi connectivity index (χ2v) is 9.35. The average molecular weight is 367 g/mol. The summed E-state index contributed by atoms with van der Waals surface area (Å²) >= 11 is 0. The molecular weight excluding hydrogens is 324 g/mol. The van der Waals surface area contributed by atoms with Crippen molar-refractivity contribution in [2.45, 2.75) is 110 Å². The van der Waals surface area contributed by atoms with Crippen LogP contribution in [0, 0.1) is 11.8 Å². The molecule has 1 aromatic carbocycles. The fourth-order valence-corrected chi connectivity index (χ4v) is 5.34. The zero-order chi connectivity index (χ0) is 18.9. The Morgan fingerprint density at radius 1 is 0.741 bits per heavy atom. The molecule has 1 atom stereocenters. The summed E-state index contributed by atoms with van der Waals surface area (Å²) < 4.78 is 0. The van der Waals surface area contributed by atoms with Crippen LogP contribution < -0.4 is 0 Å². The molecule has 0 heteroatoms. The van der Waals surface area contributed by atoms with E-state index in [0.717, 1.165) is 17.8 Å². The molecular formula is C27H42. The lowest BCUT2D eigenvalue weighted by atomic mass is 9.76. The van der Waals surface area contributed by atoms with Crippen LogP contribution in [0.4, 0.5) is 0 Å². The molecule has 1 unspecified atom stereocenters. The number of benzene rings is 1. The van der Waals surface area contributed by atoms with Crippen molar-refractivity contribution in [3.05, 3.63) is 41.5 Å². The van der Waals surface area contributed by atoms with E-state index in [-0.39, 0.29) is 0 Å². The van der Waals surface area contributed by atoms with E-state index >= 15 is 0 Å². The molecule has 0 aromatic heterocycles. The van der Waals surface area contributed by atoms with Gasteiger partial charge in [0.25, 0.3) is 0 Å². The van der Waals surface area contributed by atoms with Crippen LogP contribution in [0.3, 0.4) is 0 Å². The zero-order valence-corrected chi connectivity index (χ0v) is 18.0. The molecule has 3 rings (SSSR count). The third kappa shape index (κ3) is 6.23. The van der Waals surface area contributed by atoms with Crippen molar-refractivity contribution in [3.8, 4) is 0 Å². The highest BCUT2D eigenvalue weighted by atomic mass is 14.3. The van der Waals surface area contributed by atoms with E-state index in [1.165, 1.54) is 95.5 Å². The quantitative estimate of drug-likeness (QED) is 0.383. The van der Waals surface area contributed by atoms with Gasteiger partial charge in [0.05, 0.1) is 0 Å². The standard InChI is InChI=1S/C27H42/c1-3-5-7-9-23-12-16-25(17-13-23)27-20-18-26(19-21-27)24-14-10-22(11-15-24)8-6-4-2/h14,18-23,25H,3-13,15-17H2,1-2H3. The topological polar surface area (TPSA) is 0 Å². The maximum Gasteiger partial charge on any atom is -0.0162 e. The first-order chi connectivity index (χ1) is 13.3. The lowest BCUT2D eigenvalue weighted by Gasteiger charge is -2.29. The van der Waals surface area contributed by atoms with Gasteiger partial charge in [0, 0.05) is 0 Å². The number of rotatable bonds is 9. The summed E-state index contributed by atoms with van der Waals surface area (Å²) in [6, 6.07) is 9.73. The zero-order valence-electron chi connectivity index (χ0n) is 18.0. The first kappa shape index (κ1) is 20.7. The first-order valence-electron chi connectivity index (χ1n) is 12.1. The molecule has 0 heterocycles. The van der Waals surface area contributed by atoms with Crippen molar-refractivity contribution >= 4 is 5.57 Å². The molecule has 0 amide bonds. The Kier molecular flexibility index (Phi) is 8.49. The third-order valence-corrected chi connectivity index (χ3v) is 7.30. The van der Waals surface area contributed by atoms with E-state index in [4.69, 9.17) is 0 Å². The molecule has 0 spiro atoms. The van der Waals surface area contributed by atoms with E-state index in [2.05, 4.69) is 44.2 Å². The van der Waals surface area contributed by atoms with Crippen molar-refractivity contribution < 1.29 is 0 Å². The lowest BCUT2D eigenvalue weighted by molar-refractivity contribution is 0.303. The van der Waals surface area contributed by atoms with Gasteiger partial charge in [-0.1, -0.05) is 89.1 Å². The van der Waals surface area contributed by atoms with Crippen LogP contribution in [0.15, 0.2) is 30.3 Å². The Hall–Kier alpha value is -1.04. The molecule has 27 heavy (non-hydrogen) atoms. The van der Waals surface area contributed by atoms with Crippen molar-refractivity contribution in [3.63, 3.8) is 0 Å². The summed E-state index contributed by atoms with van der Waals surface area (Å²) in [5, 5.41) is 0. The van der Waals surface area contributed by atoms with Crippen LogP contribution in [0.5, 0.6) is 0 Å². The summed E-state index contributed by atoms with van der Waals surface area (Å²) in [5.41, 5.74) is 4.69. The van der Waals surface area contributed by atoms with Crippen molar-refractivity contribution in [2.75, 3.05) is 0 Å². The highest BCUT2D eigenvalue weighted by Crippen LogP contribution is 2.39. The van der Waals surface area contributed by atoms with Crippen LogP contribution in [0.1, 0.15) is 121 Å². The minimum atomic E-state index is 0.820. The summed E-state index contributed by atoms with van der Waals surface area (Å²) in [7, 11) is 0. The van der Waals surface area contributed by atoms with E-state index in [1.54, 1.807) is 11.1 Å². The van der Waals surface area contributed by atoms with Gasteiger partial charge in [-0.2, -0.15) is 0 Å². The molecule has 1 fully saturated rings. The van der Waals surface area contributed by atoms with Gasteiger partial charge >= 0.3 is 0 Å². The fraction of sp³-hybridized carbons (Fsp3) is 0.704. The Labute approximate surface area is 168 Å². The first-order valence-corrected chi connectivity index (χ1v) is 12.1. The molecule has 1 saturated carbocycles. The molecule has 2 aliphatic rings. The minimum absolute atomic E-state index is 0.820. The summed E-state index contributed by atoms with van der Waals surface area (Å²) in [4.78, 5) is 0. The maximum atomic E-state index is 2.54. The lowest BCUT2D eigenvalue weighted by Crippen LogP contribution is -2.13. The van der Waals surface area contributed by atoms with Gasteiger partial charge in [-0.25, -0.2) is 0 Å². The number of unbranched alkanes of at least 4 members (excludes halogenated alkanes) is 3. The predicted octanol–water partition coefficient (Wildman–Crippen LogP) is 8.91. The van der Waals surface area contributed by atoms with E-state index in [0.29, 0.717) is 0 Å². The highest BCUT2D eigenvalue weighted by molar-refractivity contribution is 5.66. The summed E-state index contributed by atoms with van der Waals surface area (Å²) in [6.45, 7) is 4.62. The Morgan fingerprint density at radius 2 is 1.44 bits per heavy atom. The predicted molar refractivity (Wildman–Crippen MR) is 120 cm³/mol. The largest absolute Gasteiger partial charge is 0.0804 e. The Morgan fingerprint density at radius 3 is 2.07 bits per heavy atom. The van der Waals surface area contributed by atoms with Crippen LogP contribution in [-0.2, 0) is 0 Å². The smallest absolute Gasteiger partial charge is 0.0162 e. The Bertz CT molecular complexity index is 556. The van der Waals surface area contributed by atoms with Crippen molar-refractivity contribution in [1.82, 2.24) is 0 Å². The van der Waals surface area contributed by atoms with Gasteiger partial charge in [0.1, 0.15) is 0 Å². The number of hydrogen-bond donors (Lipinski definition) is 0. The van der Waals surface area contributed by atoms with Crippen LogP contribution in [-0.4, -0.2) is 0 Å². The maximum absolute atomic E-state index is 2.54. The van der Waals surface area contributed by atoms with Crippen LogP contribution in [0.25, 0.3) is 5.57 Å². The number of allylic oxidation sites excluding steroid dienone is 2. The van der Waals surface area contributed by atoms with Gasteiger partial charge < -0.3 is 0 Å². The third-order valence-electron chi connectivity index (χ3n) is 7.30. The number of hydrogen-bond acceptors (Lipinski definition) is 0.